The van der Waals surface area contributed by atoms with Crippen LogP contribution in [0.2, 0.25) is 5.02 Å². The predicted molar refractivity (Wildman–Crippen MR) is 78.1 cm³/mol. The van der Waals surface area contributed by atoms with Crippen molar-refractivity contribution in [3.63, 3.8) is 0 Å². The number of benzene rings is 1. The van der Waals surface area contributed by atoms with Crippen molar-refractivity contribution < 1.29 is 8.78 Å². The lowest BCUT2D eigenvalue weighted by Crippen LogP contribution is -2.18. The van der Waals surface area contributed by atoms with Crippen LogP contribution in [0.25, 0.3) is 0 Å². The van der Waals surface area contributed by atoms with Crippen LogP contribution in [0.5, 0.6) is 0 Å². The summed E-state index contributed by atoms with van der Waals surface area (Å²) in [4.78, 5) is 0. The van der Waals surface area contributed by atoms with Crippen LogP contribution in [0.4, 0.5) is 8.78 Å². The number of alkyl halides is 2. The van der Waals surface area contributed by atoms with Crippen LogP contribution < -0.4 is 0 Å². The normalized spacial score (nSPS) is 15.3. The fraction of sp³-hybridized carbons (Fsp3) is 0.625. The third-order valence-corrected chi connectivity index (χ3v) is 4.04. The average molecular weight is 289 g/mol. The Morgan fingerprint density at radius 1 is 1.21 bits per heavy atom. The second-order valence-corrected chi connectivity index (χ2v) is 5.90. The maximum atomic E-state index is 13.5. The lowest BCUT2D eigenvalue weighted by atomic mass is 9.85. The summed E-state index contributed by atoms with van der Waals surface area (Å²) in [7, 11) is 0. The minimum Gasteiger partial charge on any atom is -0.207 e. The first-order valence-corrected chi connectivity index (χ1v) is 7.37. The Labute approximate surface area is 120 Å². The molecule has 0 heterocycles. The van der Waals surface area contributed by atoms with E-state index in [9.17, 15) is 8.78 Å². The molecule has 2 unspecified atom stereocenters. The molecule has 0 nitrogen and oxygen atoms in total. The highest BCUT2D eigenvalue weighted by Gasteiger charge is 2.28. The van der Waals surface area contributed by atoms with Crippen molar-refractivity contribution in [3.8, 4) is 0 Å². The van der Waals surface area contributed by atoms with Crippen molar-refractivity contribution in [3.05, 3.63) is 34.9 Å². The van der Waals surface area contributed by atoms with Crippen LogP contribution in [0.15, 0.2) is 24.3 Å². The lowest BCUT2D eigenvalue weighted by Gasteiger charge is -2.23. The molecule has 0 radical (unpaired) electrons. The van der Waals surface area contributed by atoms with Gasteiger partial charge in [-0.15, -0.1) is 0 Å². The van der Waals surface area contributed by atoms with Gasteiger partial charge >= 0.3 is 0 Å². The van der Waals surface area contributed by atoms with E-state index in [0.717, 1.165) is 5.56 Å². The van der Waals surface area contributed by atoms with Gasteiger partial charge in [0.15, 0.2) is 0 Å². The second kappa shape index (κ2) is 7.23. The van der Waals surface area contributed by atoms with E-state index in [1.807, 2.05) is 31.2 Å². The fourth-order valence-electron chi connectivity index (χ4n) is 2.30. The van der Waals surface area contributed by atoms with Gasteiger partial charge in [-0.3, -0.25) is 0 Å². The van der Waals surface area contributed by atoms with E-state index >= 15 is 0 Å². The van der Waals surface area contributed by atoms with Crippen molar-refractivity contribution in [2.24, 2.45) is 5.92 Å². The molecule has 3 heteroatoms. The first-order valence-electron chi connectivity index (χ1n) is 6.99. The molecule has 1 aromatic carbocycles. The zero-order valence-electron chi connectivity index (χ0n) is 11.9. The van der Waals surface area contributed by atoms with Crippen molar-refractivity contribution in [1.29, 1.82) is 0 Å². The molecule has 0 N–H and O–H groups in total. The zero-order valence-corrected chi connectivity index (χ0v) is 12.7. The number of halogens is 3. The van der Waals surface area contributed by atoms with Gasteiger partial charge in [-0.2, -0.15) is 0 Å². The maximum absolute atomic E-state index is 13.5. The fourth-order valence-corrected chi connectivity index (χ4v) is 2.50. The summed E-state index contributed by atoms with van der Waals surface area (Å²) in [6, 6.07) is 7.68. The van der Waals surface area contributed by atoms with Crippen molar-refractivity contribution in [2.45, 2.75) is 58.3 Å². The predicted octanol–water partition coefficient (Wildman–Crippen LogP) is 6.30. The Bertz CT molecular complexity index is 390. The van der Waals surface area contributed by atoms with Gasteiger partial charge in [0.25, 0.3) is 0 Å². The molecule has 0 bridgehead atoms. The third-order valence-electron chi connectivity index (χ3n) is 3.81. The quantitative estimate of drug-likeness (QED) is 0.552. The molecule has 2 atom stereocenters. The van der Waals surface area contributed by atoms with Crippen LogP contribution in [0.1, 0.15) is 57.9 Å². The summed E-state index contributed by atoms with van der Waals surface area (Å²) in [6.07, 6.45) is 1.05. The van der Waals surface area contributed by atoms with Gasteiger partial charge in [0.05, 0.1) is 0 Å². The molecular formula is C16H23ClF2. The highest BCUT2D eigenvalue weighted by Crippen LogP contribution is 2.33. The number of hydrogen-bond acceptors (Lipinski definition) is 0. The first-order chi connectivity index (χ1) is 8.85. The van der Waals surface area contributed by atoms with Gasteiger partial charge in [-0.25, -0.2) is 8.78 Å². The standard InChI is InChI=1S/C16H23ClF2/c1-4-9-16(18,19)10-8-12(2)13(3)14-6-5-7-15(17)11-14/h5-7,11-13H,4,8-10H2,1-3H3. The molecule has 108 valence electrons. The molecule has 0 amide bonds. The van der Waals surface area contributed by atoms with Crippen LogP contribution in [0, 0.1) is 5.92 Å². The monoisotopic (exact) mass is 288 g/mol. The van der Waals surface area contributed by atoms with Gasteiger partial charge in [0, 0.05) is 17.9 Å². The lowest BCUT2D eigenvalue weighted by molar-refractivity contribution is -0.0223. The summed E-state index contributed by atoms with van der Waals surface area (Å²) in [6.45, 7) is 5.91. The van der Waals surface area contributed by atoms with Gasteiger partial charge in [-0.1, -0.05) is 50.9 Å². The van der Waals surface area contributed by atoms with Gasteiger partial charge in [-0.05, 0) is 36.0 Å². The molecule has 19 heavy (non-hydrogen) atoms. The topological polar surface area (TPSA) is 0 Å². The molecular weight excluding hydrogens is 266 g/mol. The number of hydrogen-bond donors (Lipinski definition) is 0. The van der Waals surface area contributed by atoms with E-state index in [0.29, 0.717) is 17.9 Å². The third kappa shape index (κ3) is 5.48. The van der Waals surface area contributed by atoms with Crippen molar-refractivity contribution >= 4 is 11.6 Å². The zero-order chi connectivity index (χ0) is 14.5. The highest BCUT2D eigenvalue weighted by molar-refractivity contribution is 6.30. The van der Waals surface area contributed by atoms with Crippen LogP contribution in [0.3, 0.4) is 0 Å². The first kappa shape index (κ1) is 16.4. The maximum Gasteiger partial charge on any atom is 0.248 e. The van der Waals surface area contributed by atoms with Crippen molar-refractivity contribution in [2.75, 3.05) is 0 Å². The molecule has 0 aliphatic heterocycles. The molecule has 0 saturated heterocycles. The summed E-state index contributed by atoms with van der Waals surface area (Å²) >= 11 is 5.96. The number of rotatable bonds is 7. The average Bonchev–Trinajstić information content (AvgIpc) is 2.35. The molecule has 1 aromatic rings. The van der Waals surface area contributed by atoms with E-state index in [1.54, 1.807) is 6.92 Å². The Kier molecular flexibility index (Phi) is 6.25. The second-order valence-electron chi connectivity index (χ2n) is 5.47. The van der Waals surface area contributed by atoms with E-state index < -0.39 is 5.92 Å². The minimum absolute atomic E-state index is 0.00866. The van der Waals surface area contributed by atoms with Gasteiger partial charge < -0.3 is 0 Å². The molecule has 0 aliphatic carbocycles. The van der Waals surface area contributed by atoms with Gasteiger partial charge in [0.1, 0.15) is 0 Å². The molecule has 0 fully saturated rings. The van der Waals surface area contributed by atoms with Crippen molar-refractivity contribution in [1.82, 2.24) is 0 Å². The van der Waals surface area contributed by atoms with Crippen LogP contribution in [-0.2, 0) is 0 Å². The Balaban J connectivity index is 2.56. The largest absolute Gasteiger partial charge is 0.248 e. The summed E-state index contributed by atoms with van der Waals surface area (Å²) < 4.78 is 27.0. The molecule has 0 aromatic heterocycles. The minimum atomic E-state index is -2.52. The van der Waals surface area contributed by atoms with Gasteiger partial charge in [0.2, 0.25) is 5.92 Å². The molecule has 1 rings (SSSR count). The molecule has 0 saturated carbocycles. The smallest absolute Gasteiger partial charge is 0.207 e. The SMILES string of the molecule is CCCC(F)(F)CCC(C)C(C)c1cccc(Cl)c1. The highest BCUT2D eigenvalue weighted by atomic mass is 35.5. The van der Waals surface area contributed by atoms with E-state index in [1.165, 1.54) is 0 Å². The van der Waals surface area contributed by atoms with Crippen LogP contribution in [-0.4, -0.2) is 5.92 Å². The summed E-state index contributed by atoms with van der Waals surface area (Å²) in [5, 5.41) is 0.702. The van der Waals surface area contributed by atoms with E-state index in [2.05, 4.69) is 6.92 Å². The molecule has 0 spiro atoms. The van der Waals surface area contributed by atoms with E-state index in [-0.39, 0.29) is 24.7 Å². The van der Waals surface area contributed by atoms with Crippen LogP contribution >= 0.6 is 11.6 Å². The van der Waals surface area contributed by atoms with E-state index in [4.69, 9.17) is 11.6 Å². The summed E-state index contributed by atoms with van der Waals surface area (Å²) in [5.41, 5.74) is 1.12. The Morgan fingerprint density at radius 3 is 2.47 bits per heavy atom. The Morgan fingerprint density at radius 2 is 1.89 bits per heavy atom. The summed E-state index contributed by atoms with van der Waals surface area (Å²) in [5.74, 6) is -2.05. The molecule has 0 aliphatic rings. The Hall–Kier alpha value is -0.630.